The zero-order chi connectivity index (χ0) is 15.3. The van der Waals surface area contributed by atoms with E-state index >= 15 is 0 Å². The van der Waals surface area contributed by atoms with E-state index in [4.69, 9.17) is 22.5 Å². The van der Waals surface area contributed by atoms with Crippen molar-refractivity contribution in [3.63, 3.8) is 0 Å². The first-order valence-corrected chi connectivity index (χ1v) is 7.45. The molecule has 0 radical (unpaired) electrons. The molecule has 0 atom stereocenters. The van der Waals surface area contributed by atoms with E-state index in [0.717, 1.165) is 11.4 Å². The number of hydrogen-bond acceptors (Lipinski definition) is 5. The fourth-order valence-corrected chi connectivity index (χ4v) is 2.44. The highest BCUT2D eigenvalue weighted by Crippen LogP contribution is 2.22. The Kier molecular flexibility index (Phi) is 5.43. The van der Waals surface area contributed by atoms with Gasteiger partial charge in [-0.25, -0.2) is 23.5 Å². The lowest BCUT2D eigenvalue weighted by Crippen LogP contribution is -2.12. The number of aromatic nitrogens is 2. The SMILES string of the molecule is Cc1cc(C)ncn1.Nc1ccc(S(N)(=O)=O)c(Cl)c1. The van der Waals surface area contributed by atoms with E-state index in [2.05, 4.69) is 9.97 Å². The Bertz CT molecular complexity index is 687. The molecule has 108 valence electrons. The zero-order valence-corrected chi connectivity index (χ0v) is 12.6. The molecule has 6 nitrogen and oxygen atoms in total. The van der Waals surface area contributed by atoms with E-state index in [1.807, 2.05) is 19.9 Å². The molecule has 1 aromatic carbocycles. The van der Waals surface area contributed by atoms with Crippen LogP contribution in [0.25, 0.3) is 0 Å². The van der Waals surface area contributed by atoms with Crippen molar-refractivity contribution in [1.82, 2.24) is 9.97 Å². The van der Waals surface area contributed by atoms with Crippen molar-refractivity contribution in [3.8, 4) is 0 Å². The number of hydrogen-bond donors (Lipinski definition) is 2. The molecule has 1 heterocycles. The van der Waals surface area contributed by atoms with E-state index in [9.17, 15) is 8.42 Å². The predicted octanol–water partition coefficient (Wildman–Crippen LogP) is 1.66. The third-order valence-electron chi connectivity index (χ3n) is 2.20. The van der Waals surface area contributed by atoms with Gasteiger partial charge in [-0.3, -0.25) is 0 Å². The Morgan fingerprint density at radius 3 is 2.00 bits per heavy atom. The quantitative estimate of drug-likeness (QED) is 0.777. The molecule has 2 aromatic rings. The number of benzene rings is 1. The molecule has 1 aromatic heterocycles. The van der Waals surface area contributed by atoms with Gasteiger partial charge < -0.3 is 5.73 Å². The van der Waals surface area contributed by atoms with Crippen molar-refractivity contribution in [2.45, 2.75) is 18.7 Å². The molecule has 0 aliphatic carbocycles. The number of halogens is 1. The lowest BCUT2D eigenvalue weighted by molar-refractivity contribution is 0.598. The van der Waals surface area contributed by atoms with Crippen LogP contribution in [0.2, 0.25) is 5.02 Å². The van der Waals surface area contributed by atoms with Gasteiger partial charge in [0.2, 0.25) is 10.0 Å². The molecule has 0 unspecified atom stereocenters. The summed E-state index contributed by atoms with van der Waals surface area (Å²) in [6, 6.07) is 5.97. The van der Waals surface area contributed by atoms with E-state index in [1.54, 1.807) is 6.33 Å². The molecule has 0 aliphatic rings. The molecule has 0 bridgehead atoms. The highest BCUT2D eigenvalue weighted by atomic mass is 35.5. The topological polar surface area (TPSA) is 112 Å². The second kappa shape index (κ2) is 6.65. The summed E-state index contributed by atoms with van der Waals surface area (Å²) in [5, 5.41) is 4.89. The zero-order valence-electron chi connectivity index (χ0n) is 11.0. The average Bonchev–Trinajstić information content (AvgIpc) is 2.27. The van der Waals surface area contributed by atoms with Gasteiger partial charge in [-0.1, -0.05) is 11.6 Å². The molecule has 0 spiro atoms. The molecule has 0 saturated heterocycles. The van der Waals surface area contributed by atoms with E-state index in [0.29, 0.717) is 5.69 Å². The van der Waals surface area contributed by atoms with Crippen LogP contribution in [0, 0.1) is 13.8 Å². The van der Waals surface area contributed by atoms with E-state index in [1.165, 1.54) is 18.2 Å². The number of rotatable bonds is 1. The summed E-state index contributed by atoms with van der Waals surface area (Å²) in [7, 11) is -3.74. The number of aryl methyl sites for hydroxylation is 2. The van der Waals surface area contributed by atoms with Crippen LogP contribution in [0.5, 0.6) is 0 Å². The molecule has 2 rings (SSSR count). The summed E-state index contributed by atoms with van der Waals surface area (Å²) in [6.07, 6.45) is 1.57. The highest BCUT2D eigenvalue weighted by molar-refractivity contribution is 7.89. The van der Waals surface area contributed by atoms with Gasteiger partial charge in [0.05, 0.1) is 5.02 Å². The minimum atomic E-state index is -3.74. The summed E-state index contributed by atoms with van der Waals surface area (Å²) in [5.74, 6) is 0. The smallest absolute Gasteiger partial charge is 0.239 e. The molecule has 0 saturated carbocycles. The molecule has 0 amide bonds. The maximum atomic E-state index is 10.8. The number of nitrogens with zero attached hydrogens (tertiary/aromatic N) is 2. The normalized spacial score (nSPS) is 10.6. The summed E-state index contributed by atoms with van der Waals surface area (Å²) in [4.78, 5) is 7.75. The van der Waals surface area contributed by atoms with Gasteiger partial charge in [-0.05, 0) is 38.1 Å². The van der Waals surface area contributed by atoms with E-state index < -0.39 is 10.0 Å². The van der Waals surface area contributed by atoms with Crippen LogP contribution in [0.15, 0.2) is 35.5 Å². The molecular formula is C12H15ClN4O2S. The molecule has 20 heavy (non-hydrogen) atoms. The predicted molar refractivity (Wildman–Crippen MR) is 78.7 cm³/mol. The van der Waals surface area contributed by atoms with Crippen LogP contribution in [0.1, 0.15) is 11.4 Å². The van der Waals surface area contributed by atoms with Crippen LogP contribution in [-0.4, -0.2) is 18.4 Å². The Labute approximate surface area is 122 Å². The fraction of sp³-hybridized carbons (Fsp3) is 0.167. The Balaban J connectivity index is 0.000000217. The second-order valence-corrected chi connectivity index (χ2v) is 5.97. The third-order valence-corrected chi connectivity index (χ3v) is 3.60. The van der Waals surface area contributed by atoms with Crippen LogP contribution in [-0.2, 0) is 10.0 Å². The van der Waals surface area contributed by atoms with Gasteiger partial charge >= 0.3 is 0 Å². The number of nitrogens with two attached hydrogens (primary N) is 2. The lowest BCUT2D eigenvalue weighted by atomic mass is 10.3. The van der Waals surface area contributed by atoms with Crippen molar-refractivity contribution in [2.24, 2.45) is 5.14 Å². The molecule has 0 aliphatic heterocycles. The van der Waals surface area contributed by atoms with Crippen molar-refractivity contribution in [2.75, 3.05) is 5.73 Å². The summed E-state index contributed by atoms with van der Waals surface area (Å²) >= 11 is 5.57. The lowest BCUT2D eigenvalue weighted by Gasteiger charge is -2.01. The van der Waals surface area contributed by atoms with Gasteiger partial charge in [-0.15, -0.1) is 0 Å². The van der Waals surface area contributed by atoms with Crippen LogP contribution >= 0.6 is 11.6 Å². The minimum Gasteiger partial charge on any atom is -0.399 e. The third kappa shape index (κ3) is 5.12. The van der Waals surface area contributed by atoms with Crippen LogP contribution in [0.4, 0.5) is 5.69 Å². The first-order valence-electron chi connectivity index (χ1n) is 5.53. The maximum Gasteiger partial charge on any atom is 0.239 e. The van der Waals surface area contributed by atoms with Crippen molar-refractivity contribution in [1.29, 1.82) is 0 Å². The Morgan fingerprint density at radius 2 is 1.65 bits per heavy atom. The first kappa shape index (κ1) is 16.4. The second-order valence-electron chi connectivity index (χ2n) is 4.04. The first-order chi connectivity index (χ1) is 9.20. The average molecular weight is 315 g/mol. The standard InChI is InChI=1S/C6H7ClN2O2S.C6H8N2/c7-5-3-4(8)1-2-6(5)12(9,10)11;1-5-3-6(2)8-4-7-5/h1-3H,8H2,(H2,9,10,11);3-4H,1-2H3. The number of nitrogen functional groups attached to an aromatic ring is 1. The van der Waals surface area contributed by atoms with Gasteiger partial charge in [-0.2, -0.15) is 0 Å². The van der Waals surface area contributed by atoms with Gasteiger partial charge in [0.25, 0.3) is 0 Å². The Morgan fingerprint density at radius 1 is 1.10 bits per heavy atom. The van der Waals surface area contributed by atoms with Crippen molar-refractivity contribution < 1.29 is 8.42 Å². The van der Waals surface area contributed by atoms with Gasteiger partial charge in [0.1, 0.15) is 11.2 Å². The van der Waals surface area contributed by atoms with Gasteiger partial charge in [0, 0.05) is 17.1 Å². The summed E-state index contributed by atoms with van der Waals surface area (Å²) < 4.78 is 21.6. The van der Waals surface area contributed by atoms with Crippen molar-refractivity contribution >= 4 is 27.3 Å². The van der Waals surface area contributed by atoms with Crippen molar-refractivity contribution in [3.05, 3.63) is 47.0 Å². The maximum absolute atomic E-state index is 10.8. The fourth-order valence-electron chi connectivity index (χ4n) is 1.34. The minimum absolute atomic E-state index is 0.0394. The number of anilines is 1. The molecule has 0 fully saturated rings. The largest absolute Gasteiger partial charge is 0.399 e. The van der Waals surface area contributed by atoms with Crippen LogP contribution < -0.4 is 10.9 Å². The van der Waals surface area contributed by atoms with E-state index in [-0.39, 0.29) is 9.92 Å². The highest BCUT2D eigenvalue weighted by Gasteiger charge is 2.11. The number of primary sulfonamides is 1. The molecule has 4 N–H and O–H groups in total. The molecule has 8 heteroatoms. The van der Waals surface area contributed by atoms with Crippen LogP contribution in [0.3, 0.4) is 0 Å². The molecular weight excluding hydrogens is 300 g/mol. The van der Waals surface area contributed by atoms with Gasteiger partial charge in [0.15, 0.2) is 0 Å². The summed E-state index contributed by atoms with van der Waals surface area (Å²) in [6.45, 7) is 3.91. The number of sulfonamides is 1. The monoisotopic (exact) mass is 314 g/mol. The Hall–Kier alpha value is -1.70. The summed E-state index contributed by atoms with van der Waals surface area (Å²) in [5.41, 5.74) is 7.80.